The third kappa shape index (κ3) is 2.99. The fourth-order valence-electron chi connectivity index (χ4n) is 1.08. The summed E-state index contributed by atoms with van der Waals surface area (Å²) in [6, 6.07) is 5.19. The quantitative estimate of drug-likeness (QED) is 0.644. The molecule has 0 heterocycles. The van der Waals surface area contributed by atoms with Gasteiger partial charge in [0.2, 0.25) is 5.12 Å². The Hall–Kier alpha value is -0.460. The van der Waals surface area contributed by atoms with Crippen molar-refractivity contribution in [3.05, 3.63) is 23.8 Å². The number of anilines is 1. The smallest absolute Gasteiger partial charge is 0.218 e. The van der Waals surface area contributed by atoms with Gasteiger partial charge in [0.1, 0.15) is 5.75 Å². The van der Waals surface area contributed by atoms with E-state index in [0.717, 1.165) is 0 Å². The molecular formula is C9H11NO2S3. The van der Waals surface area contributed by atoms with Crippen molar-refractivity contribution in [3.8, 4) is 5.75 Å². The molecule has 0 aromatic heterocycles. The summed E-state index contributed by atoms with van der Waals surface area (Å²) < 4.78 is 6.64. The summed E-state index contributed by atoms with van der Waals surface area (Å²) in [5.41, 5.74) is 1.17. The molecule has 0 N–H and O–H groups in total. The van der Waals surface area contributed by atoms with Crippen molar-refractivity contribution in [2.24, 2.45) is 0 Å². The number of rotatable bonds is 4. The summed E-state index contributed by atoms with van der Waals surface area (Å²) in [6.45, 7) is 0. The highest BCUT2D eigenvalue weighted by Gasteiger charge is 2.13. The Morgan fingerprint density at radius 1 is 1.53 bits per heavy atom. The zero-order chi connectivity index (χ0) is 11.4. The van der Waals surface area contributed by atoms with Crippen molar-refractivity contribution in [1.82, 2.24) is 0 Å². The van der Waals surface area contributed by atoms with E-state index in [1.54, 1.807) is 29.0 Å². The molecule has 0 radical (unpaired) electrons. The molecule has 1 aromatic carbocycles. The molecule has 1 aromatic rings. The van der Waals surface area contributed by atoms with Crippen LogP contribution in [0.2, 0.25) is 0 Å². The Kier molecular flexibility index (Phi) is 4.69. The first kappa shape index (κ1) is 12.6. The third-order valence-corrected chi connectivity index (χ3v) is 3.30. The van der Waals surface area contributed by atoms with E-state index in [9.17, 15) is 4.79 Å². The molecule has 1 rings (SSSR count). The van der Waals surface area contributed by atoms with Crippen LogP contribution in [-0.2, 0) is 0 Å². The van der Waals surface area contributed by atoms with Crippen LogP contribution in [0.3, 0.4) is 0 Å². The Morgan fingerprint density at radius 3 is 2.67 bits per heavy atom. The molecule has 82 valence electrons. The highest BCUT2D eigenvalue weighted by molar-refractivity contribution is 8.11. The minimum absolute atomic E-state index is 0.308. The van der Waals surface area contributed by atoms with Gasteiger partial charge in [-0.1, -0.05) is 12.8 Å². The lowest BCUT2D eigenvalue weighted by Crippen LogP contribution is -2.04. The Morgan fingerprint density at radius 2 is 2.20 bits per heavy atom. The van der Waals surface area contributed by atoms with E-state index in [-0.39, 0.29) is 5.12 Å². The van der Waals surface area contributed by atoms with E-state index in [2.05, 4.69) is 25.4 Å². The average molecular weight is 261 g/mol. The topological polar surface area (TPSA) is 29.5 Å². The molecule has 0 atom stereocenters. The number of hydrogen-bond acceptors (Lipinski definition) is 5. The monoisotopic (exact) mass is 261 g/mol. The van der Waals surface area contributed by atoms with Crippen molar-refractivity contribution in [2.75, 3.05) is 17.1 Å². The van der Waals surface area contributed by atoms with E-state index in [1.807, 2.05) is 6.26 Å². The summed E-state index contributed by atoms with van der Waals surface area (Å²) in [6.07, 6.45) is 1.87. The molecule has 0 bridgehead atoms. The van der Waals surface area contributed by atoms with Gasteiger partial charge in [0.25, 0.3) is 0 Å². The van der Waals surface area contributed by atoms with E-state index in [4.69, 9.17) is 4.74 Å². The number of benzene rings is 1. The van der Waals surface area contributed by atoms with Crippen molar-refractivity contribution in [3.63, 3.8) is 0 Å². The SMILES string of the molecule is COc1ccc(N(S)SC)c(C(=O)S)c1. The van der Waals surface area contributed by atoms with Gasteiger partial charge in [-0.2, -0.15) is 0 Å². The number of thiol groups is 2. The van der Waals surface area contributed by atoms with Crippen molar-refractivity contribution in [2.45, 2.75) is 0 Å². The summed E-state index contributed by atoms with van der Waals surface area (Å²) >= 11 is 9.42. The zero-order valence-corrected chi connectivity index (χ0v) is 10.9. The number of hydrogen-bond donors (Lipinski definition) is 2. The minimum Gasteiger partial charge on any atom is -0.497 e. The minimum atomic E-state index is -0.308. The van der Waals surface area contributed by atoms with E-state index in [0.29, 0.717) is 17.0 Å². The summed E-state index contributed by atoms with van der Waals surface area (Å²) in [4.78, 5) is 11.3. The van der Waals surface area contributed by atoms with Crippen LogP contribution in [0.4, 0.5) is 5.69 Å². The van der Waals surface area contributed by atoms with Crippen LogP contribution in [0.15, 0.2) is 18.2 Å². The molecule has 0 unspecified atom stereocenters. The van der Waals surface area contributed by atoms with Gasteiger partial charge in [-0.25, -0.2) is 0 Å². The largest absolute Gasteiger partial charge is 0.497 e. The van der Waals surface area contributed by atoms with E-state index in [1.165, 1.54) is 11.9 Å². The molecule has 0 aliphatic carbocycles. The Bertz CT molecular complexity index is 370. The van der Waals surface area contributed by atoms with Gasteiger partial charge < -0.3 is 4.74 Å². The standard InChI is InChI=1S/C9H11NO2S3/c1-12-6-3-4-8(10(14)15-2)7(5-6)9(11)13/h3-5,14H,1-2H3,(H,11,13). The highest BCUT2D eigenvalue weighted by Crippen LogP contribution is 2.31. The predicted octanol–water partition coefficient (Wildman–Crippen LogP) is 2.69. The number of carbonyl (C=O) groups excluding carboxylic acids is 1. The van der Waals surface area contributed by atoms with Crippen molar-refractivity contribution >= 4 is 48.2 Å². The summed E-state index contributed by atoms with van der Waals surface area (Å²) in [5.74, 6) is 0.624. The highest BCUT2D eigenvalue weighted by atomic mass is 32.2. The molecule has 0 amide bonds. The number of nitrogens with zero attached hydrogens (tertiary/aromatic N) is 1. The molecule has 0 fully saturated rings. The van der Waals surface area contributed by atoms with Gasteiger partial charge in [-0.05, 0) is 30.1 Å². The first-order chi connectivity index (χ1) is 7.10. The molecule has 0 aliphatic rings. The molecule has 3 nitrogen and oxygen atoms in total. The van der Waals surface area contributed by atoms with Gasteiger partial charge in [-0.3, -0.25) is 8.51 Å². The summed E-state index contributed by atoms with van der Waals surface area (Å²) in [5, 5.41) is -0.308. The normalized spacial score (nSPS) is 9.87. The van der Waals surface area contributed by atoms with Crippen molar-refractivity contribution in [1.29, 1.82) is 0 Å². The lowest BCUT2D eigenvalue weighted by Gasteiger charge is -2.16. The van der Waals surface area contributed by atoms with Crippen LogP contribution in [0.1, 0.15) is 10.4 Å². The van der Waals surface area contributed by atoms with Crippen LogP contribution in [-0.4, -0.2) is 18.5 Å². The molecule has 0 saturated carbocycles. The Labute approximate surface area is 104 Å². The molecule has 0 aliphatic heterocycles. The second kappa shape index (κ2) is 5.58. The maximum atomic E-state index is 11.3. The van der Waals surface area contributed by atoms with Crippen LogP contribution >= 0.6 is 37.4 Å². The van der Waals surface area contributed by atoms with Crippen molar-refractivity contribution < 1.29 is 9.53 Å². The van der Waals surface area contributed by atoms with Gasteiger partial charge in [-0.15, -0.1) is 12.6 Å². The fraction of sp³-hybridized carbons (Fsp3) is 0.222. The second-order valence-electron chi connectivity index (χ2n) is 2.64. The lowest BCUT2D eigenvalue weighted by molar-refractivity contribution is 0.109. The average Bonchev–Trinajstić information content (AvgIpc) is 2.27. The molecule has 15 heavy (non-hydrogen) atoms. The van der Waals surface area contributed by atoms with Crippen LogP contribution in [0.25, 0.3) is 0 Å². The third-order valence-electron chi connectivity index (χ3n) is 1.81. The molecule has 0 spiro atoms. The molecular weight excluding hydrogens is 250 g/mol. The van der Waals surface area contributed by atoms with Gasteiger partial charge in [0.15, 0.2) is 0 Å². The fourth-order valence-corrected chi connectivity index (χ4v) is 1.79. The second-order valence-corrected chi connectivity index (χ2v) is 4.45. The van der Waals surface area contributed by atoms with Crippen LogP contribution in [0.5, 0.6) is 5.75 Å². The van der Waals surface area contributed by atoms with E-state index < -0.39 is 0 Å². The van der Waals surface area contributed by atoms with Gasteiger partial charge >= 0.3 is 0 Å². The van der Waals surface area contributed by atoms with Gasteiger partial charge in [0, 0.05) is 6.26 Å². The maximum absolute atomic E-state index is 11.3. The van der Waals surface area contributed by atoms with E-state index >= 15 is 0 Å². The van der Waals surface area contributed by atoms with Crippen LogP contribution < -0.4 is 8.45 Å². The summed E-state index contributed by atoms with van der Waals surface area (Å²) in [7, 11) is 1.55. The number of ether oxygens (including phenoxy) is 1. The molecule has 6 heteroatoms. The van der Waals surface area contributed by atoms with Crippen LogP contribution in [0, 0.1) is 0 Å². The number of carbonyl (C=O) groups is 1. The zero-order valence-electron chi connectivity index (χ0n) is 8.30. The Balaban J connectivity index is 3.21. The van der Waals surface area contributed by atoms with Gasteiger partial charge in [0.05, 0.1) is 18.4 Å². The lowest BCUT2D eigenvalue weighted by atomic mass is 10.2. The first-order valence-electron chi connectivity index (χ1n) is 4.04. The molecule has 0 saturated heterocycles. The predicted molar refractivity (Wildman–Crippen MR) is 71.3 cm³/mol. The number of methoxy groups -OCH3 is 1. The maximum Gasteiger partial charge on any atom is 0.218 e. The first-order valence-corrected chi connectivity index (χ1v) is 6.07.